The molecular weight excluding hydrogens is 342 g/mol. The minimum Gasteiger partial charge on any atom is -0.333 e. The number of aromatic nitrogens is 4. The first-order valence-corrected chi connectivity index (χ1v) is 9.29. The van der Waals surface area contributed by atoms with Crippen molar-refractivity contribution >= 4 is 35.1 Å². The molecule has 0 unspecified atom stereocenters. The van der Waals surface area contributed by atoms with E-state index in [4.69, 9.17) is 0 Å². The first-order valence-electron chi connectivity index (χ1n) is 7.41. The predicted octanol–water partition coefficient (Wildman–Crippen LogP) is 2.96. The molecule has 24 heavy (non-hydrogen) atoms. The van der Waals surface area contributed by atoms with Gasteiger partial charge in [-0.1, -0.05) is 12.1 Å². The summed E-state index contributed by atoms with van der Waals surface area (Å²) >= 11 is 2.75. The Labute approximate surface area is 148 Å². The Morgan fingerprint density at radius 1 is 1.38 bits per heavy atom. The molecule has 1 N–H and O–H groups in total. The van der Waals surface area contributed by atoms with Crippen LogP contribution in [0.5, 0.6) is 0 Å². The van der Waals surface area contributed by atoms with Crippen LogP contribution in [0.1, 0.15) is 17.0 Å². The van der Waals surface area contributed by atoms with Crippen LogP contribution in [0.25, 0.3) is 0 Å². The standard InChI is InChI=1S/C16H17N5OS2/c1-12-15(20-24-19-12)9-23-10-16(22)18-14-4-2-3-13(7-14)8-21-6-5-17-11-21/h2-7,11H,8-10H2,1H3,(H,18,22). The van der Waals surface area contributed by atoms with Crippen LogP contribution in [-0.4, -0.2) is 30.0 Å². The smallest absolute Gasteiger partial charge is 0.234 e. The number of imidazole rings is 1. The van der Waals surface area contributed by atoms with Crippen LogP contribution in [0.3, 0.4) is 0 Å². The lowest BCUT2D eigenvalue weighted by atomic mass is 10.2. The number of thioether (sulfide) groups is 1. The van der Waals surface area contributed by atoms with Gasteiger partial charge in [0, 0.05) is 30.4 Å². The molecule has 0 aliphatic carbocycles. The maximum atomic E-state index is 12.1. The predicted molar refractivity (Wildman–Crippen MR) is 97.2 cm³/mol. The first kappa shape index (κ1) is 16.7. The third kappa shape index (κ3) is 4.65. The van der Waals surface area contributed by atoms with E-state index in [-0.39, 0.29) is 5.91 Å². The molecule has 124 valence electrons. The maximum absolute atomic E-state index is 12.1. The van der Waals surface area contributed by atoms with E-state index in [0.717, 1.165) is 29.2 Å². The fourth-order valence-electron chi connectivity index (χ4n) is 2.16. The van der Waals surface area contributed by atoms with E-state index in [1.165, 1.54) is 11.7 Å². The van der Waals surface area contributed by atoms with Crippen molar-refractivity contribution in [3.05, 3.63) is 59.9 Å². The van der Waals surface area contributed by atoms with Crippen LogP contribution >= 0.6 is 23.5 Å². The Kier molecular flexibility index (Phi) is 5.60. The zero-order valence-corrected chi connectivity index (χ0v) is 14.8. The summed E-state index contributed by atoms with van der Waals surface area (Å²) in [5.74, 6) is 1.08. The molecule has 3 rings (SSSR count). The van der Waals surface area contributed by atoms with Gasteiger partial charge in [0.15, 0.2) is 0 Å². The lowest BCUT2D eigenvalue weighted by Crippen LogP contribution is -2.14. The fourth-order valence-corrected chi connectivity index (χ4v) is 3.63. The minimum absolute atomic E-state index is 0.0133. The number of benzene rings is 1. The molecule has 0 aliphatic rings. The number of rotatable bonds is 7. The van der Waals surface area contributed by atoms with Gasteiger partial charge in [0.1, 0.15) is 0 Å². The molecule has 1 aromatic carbocycles. The molecule has 0 aliphatic heterocycles. The highest BCUT2D eigenvalue weighted by Crippen LogP contribution is 2.16. The van der Waals surface area contributed by atoms with Crippen molar-refractivity contribution in [1.29, 1.82) is 0 Å². The summed E-state index contributed by atoms with van der Waals surface area (Å²) in [4.78, 5) is 16.1. The molecule has 8 heteroatoms. The second-order valence-corrected chi connectivity index (χ2v) is 6.79. The van der Waals surface area contributed by atoms with Gasteiger partial charge in [-0.2, -0.15) is 8.75 Å². The molecule has 0 spiro atoms. The van der Waals surface area contributed by atoms with E-state index < -0.39 is 0 Å². The van der Waals surface area contributed by atoms with Crippen molar-refractivity contribution in [3.63, 3.8) is 0 Å². The van der Waals surface area contributed by atoms with Crippen LogP contribution in [-0.2, 0) is 17.1 Å². The highest BCUT2D eigenvalue weighted by Gasteiger charge is 2.07. The number of amides is 1. The van der Waals surface area contributed by atoms with Crippen LogP contribution < -0.4 is 5.32 Å². The van der Waals surface area contributed by atoms with Crippen molar-refractivity contribution in [1.82, 2.24) is 18.3 Å². The summed E-state index contributed by atoms with van der Waals surface area (Å²) < 4.78 is 10.3. The van der Waals surface area contributed by atoms with Gasteiger partial charge in [-0.3, -0.25) is 4.79 Å². The van der Waals surface area contributed by atoms with Gasteiger partial charge in [-0.25, -0.2) is 4.98 Å². The summed E-state index contributed by atoms with van der Waals surface area (Å²) in [7, 11) is 0. The number of nitrogens with zero attached hydrogens (tertiary/aromatic N) is 4. The molecule has 6 nitrogen and oxygen atoms in total. The normalized spacial score (nSPS) is 10.7. The number of anilines is 1. The van der Waals surface area contributed by atoms with E-state index in [0.29, 0.717) is 11.5 Å². The summed E-state index contributed by atoms with van der Waals surface area (Å²) in [6, 6.07) is 7.85. The van der Waals surface area contributed by atoms with Gasteiger partial charge in [-0.05, 0) is 24.6 Å². The summed E-state index contributed by atoms with van der Waals surface area (Å²) in [5.41, 5.74) is 3.83. The number of nitrogens with one attached hydrogen (secondary N) is 1. The van der Waals surface area contributed by atoms with Gasteiger partial charge < -0.3 is 9.88 Å². The van der Waals surface area contributed by atoms with Crippen molar-refractivity contribution in [2.75, 3.05) is 11.1 Å². The molecule has 0 fully saturated rings. The maximum Gasteiger partial charge on any atom is 0.234 e. The quantitative estimate of drug-likeness (QED) is 0.702. The van der Waals surface area contributed by atoms with Gasteiger partial charge >= 0.3 is 0 Å². The van der Waals surface area contributed by atoms with E-state index >= 15 is 0 Å². The van der Waals surface area contributed by atoms with Gasteiger partial charge in [0.05, 0.1) is 35.2 Å². The van der Waals surface area contributed by atoms with E-state index in [1.54, 1.807) is 24.3 Å². The van der Waals surface area contributed by atoms with Crippen molar-refractivity contribution < 1.29 is 4.79 Å². The lowest BCUT2D eigenvalue weighted by Gasteiger charge is -2.08. The Balaban J connectivity index is 1.50. The number of carbonyl (C=O) groups is 1. The highest BCUT2D eigenvalue weighted by molar-refractivity contribution is 7.99. The van der Waals surface area contributed by atoms with E-state index in [2.05, 4.69) is 19.0 Å². The molecule has 2 heterocycles. The third-order valence-electron chi connectivity index (χ3n) is 3.35. The molecular formula is C16H17N5OS2. The van der Waals surface area contributed by atoms with E-state index in [1.807, 2.05) is 42.0 Å². The van der Waals surface area contributed by atoms with Crippen LogP contribution in [0.4, 0.5) is 5.69 Å². The summed E-state index contributed by atoms with van der Waals surface area (Å²) in [5, 5.41) is 2.94. The van der Waals surface area contributed by atoms with Crippen LogP contribution in [0.2, 0.25) is 0 Å². The molecule has 0 radical (unpaired) electrons. The monoisotopic (exact) mass is 359 g/mol. The van der Waals surface area contributed by atoms with Crippen LogP contribution in [0, 0.1) is 6.92 Å². The molecule has 0 bridgehead atoms. The van der Waals surface area contributed by atoms with E-state index in [9.17, 15) is 4.79 Å². The Hall–Kier alpha value is -2.19. The average molecular weight is 359 g/mol. The molecule has 0 saturated heterocycles. The number of hydrogen-bond donors (Lipinski definition) is 1. The topological polar surface area (TPSA) is 72.7 Å². The SMILES string of the molecule is Cc1nsnc1CSCC(=O)Nc1cccc(Cn2ccnc2)c1. The lowest BCUT2D eigenvalue weighted by molar-refractivity contribution is -0.113. The number of aryl methyl sites for hydroxylation is 1. The van der Waals surface area contributed by atoms with Gasteiger partial charge in [0.2, 0.25) is 5.91 Å². The molecule has 3 aromatic rings. The fraction of sp³-hybridized carbons (Fsp3) is 0.250. The van der Waals surface area contributed by atoms with Crippen molar-refractivity contribution in [3.8, 4) is 0 Å². The highest BCUT2D eigenvalue weighted by atomic mass is 32.2. The minimum atomic E-state index is -0.0133. The average Bonchev–Trinajstić information content (AvgIpc) is 3.20. The number of hydrogen-bond acceptors (Lipinski definition) is 6. The second-order valence-electron chi connectivity index (χ2n) is 5.27. The Bertz CT molecular complexity index is 800. The zero-order chi connectivity index (χ0) is 16.8. The van der Waals surface area contributed by atoms with Crippen molar-refractivity contribution in [2.24, 2.45) is 0 Å². The summed E-state index contributed by atoms with van der Waals surface area (Å²) in [6.07, 6.45) is 5.44. The molecule has 0 saturated carbocycles. The molecule has 2 aromatic heterocycles. The van der Waals surface area contributed by atoms with Crippen LogP contribution in [0.15, 0.2) is 43.0 Å². The molecule has 0 atom stereocenters. The van der Waals surface area contributed by atoms with Gasteiger partial charge in [-0.15, -0.1) is 11.8 Å². The zero-order valence-electron chi connectivity index (χ0n) is 13.2. The van der Waals surface area contributed by atoms with Crippen molar-refractivity contribution in [2.45, 2.75) is 19.2 Å². The third-order valence-corrected chi connectivity index (χ3v) is 4.95. The Morgan fingerprint density at radius 2 is 2.29 bits per heavy atom. The summed E-state index contributed by atoms with van der Waals surface area (Å²) in [6.45, 7) is 2.67. The Morgan fingerprint density at radius 3 is 3.04 bits per heavy atom. The first-order chi connectivity index (χ1) is 11.7. The largest absolute Gasteiger partial charge is 0.333 e. The number of carbonyl (C=O) groups excluding carboxylic acids is 1. The van der Waals surface area contributed by atoms with Gasteiger partial charge in [0.25, 0.3) is 0 Å². The molecule has 1 amide bonds. The second kappa shape index (κ2) is 8.07.